The molecule has 2 N–H and O–H groups in total. The number of anilines is 3. The number of fused-ring (bicyclic) bond motifs is 3. The van der Waals surface area contributed by atoms with Crippen LogP contribution < -0.4 is 15.4 Å². The predicted molar refractivity (Wildman–Crippen MR) is 72.1 cm³/mol. The van der Waals surface area contributed by atoms with Crippen molar-refractivity contribution >= 4 is 29.2 Å². The zero-order chi connectivity index (χ0) is 13.2. The largest absolute Gasteiger partial charge is 0.488 e. The number of rotatable bonds is 0. The van der Waals surface area contributed by atoms with Gasteiger partial charge in [0.1, 0.15) is 5.02 Å². The van der Waals surface area contributed by atoms with Gasteiger partial charge in [-0.25, -0.2) is 4.98 Å². The van der Waals surface area contributed by atoms with Crippen molar-refractivity contribution in [3.05, 3.63) is 17.4 Å². The summed E-state index contributed by atoms with van der Waals surface area (Å²) in [7, 11) is 1.83. The Hall–Kier alpha value is -2.02. The molecule has 2 aromatic heterocycles. The monoisotopic (exact) mass is 280 g/mol. The summed E-state index contributed by atoms with van der Waals surface area (Å²) in [6, 6.07) is 0. The van der Waals surface area contributed by atoms with E-state index in [1.807, 2.05) is 13.2 Å². The van der Waals surface area contributed by atoms with Crippen LogP contribution in [0.4, 0.5) is 17.6 Å². The van der Waals surface area contributed by atoms with Crippen molar-refractivity contribution in [2.45, 2.75) is 6.42 Å². The van der Waals surface area contributed by atoms with Crippen LogP contribution in [0, 0.1) is 0 Å². The molecule has 0 spiro atoms. The van der Waals surface area contributed by atoms with Gasteiger partial charge in [0.25, 0.3) is 0 Å². The molecule has 3 rings (SSSR count). The van der Waals surface area contributed by atoms with Gasteiger partial charge in [-0.05, 0) is 6.42 Å². The number of nitrogens with one attached hydrogen (secondary N) is 2. The molecule has 0 aliphatic carbocycles. The molecule has 0 fully saturated rings. The fourth-order valence-corrected chi connectivity index (χ4v) is 1.94. The lowest BCUT2D eigenvalue weighted by Crippen LogP contribution is -2.08. The van der Waals surface area contributed by atoms with Crippen LogP contribution in [0.3, 0.4) is 0 Å². The van der Waals surface area contributed by atoms with E-state index in [4.69, 9.17) is 16.3 Å². The lowest BCUT2D eigenvalue weighted by atomic mass is 10.4. The first-order valence-electron chi connectivity index (χ1n) is 5.92. The molecule has 19 heavy (non-hydrogen) atoms. The zero-order valence-electron chi connectivity index (χ0n) is 10.4. The van der Waals surface area contributed by atoms with E-state index in [2.05, 4.69) is 25.7 Å². The van der Waals surface area contributed by atoms with Crippen LogP contribution in [-0.2, 0) is 7.05 Å². The Morgan fingerprint density at radius 3 is 3.21 bits per heavy atom. The van der Waals surface area contributed by atoms with Crippen LogP contribution in [-0.4, -0.2) is 32.9 Å². The third-order valence-electron chi connectivity index (χ3n) is 2.64. The zero-order valence-corrected chi connectivity index (χ0v) is 11.1. The Morgan fingerprint density at radius 1 is 1.42 bits per heavy atom. The Labute approximate surface area is 115 Å². The first kappa shape index (κ1) is 12.0. The van der Waals surface area contributed by atoms with E-state index in [0.717, 1.165) is 13.0 Å². The average molecular weight is 281 g/mol. The fourth-order valence-electron chi connectivity index (χ4n) is 1.78. The molecular formula is C11H13ClN6O. The molecule has 0 amide bonds. The van der Waals surface area contributed by atoms with E-state index >= 15 is 0 Å². The predicted octanol–water partition coefficient (Wildman–Crippen LogP) is 1.80. The summed E-state index contributed by atoms with van der Waals surface area (Å²) in [6.45, 7) is 1.32. The van der Waals surface area contributed by atoms with Gasteiger partial charge >= 0.3 is 0 Å². The first-order chi connectivity index (χ1) is 9.22. The third kappa shape index (κ3) is 2.55. The molecule has 8 heteroatoms. The summed E-state index contributed by atoms with van der Waals surface area (Å²) >= 11 is 6.03. The molecule has 0 aromatic carbocycles. The molecule has 3 heterocycles. The van der Waals surface area contributed by atoms with E-state index in [0.29, 0.717) is 35.0 Å². The van der Waals surface area contributed by atoms with Gasteiger partial charge in [0.05, 0.1) is 19.0 Å². The molecule has 1 aliphatic rings. The van der Waals surface area contributed by atoms with Gasteiger partial charge in [0.2, 0.25) is 5.95 Å². The summed E-state index contributed by atoms with van der Waals surface area (Å²) < 4.78 is 7.35. The molecule has 0 saturated heterocycles. The molecule has 2 aromatic rings. The van der Waals surface area contributed by atoms with Crippen LogP contribution in [0.15, 0.2) is 12.4 Å². The normalized spacial score (nSPS) is 14.4. The van der Waals surface area contributed by atoms with E-state index in [9.17, 15) is 0 Å². The smallest absolute Gasteiger partial charge is 0.230 e. The SMILES string of the molecule is Cn1cc2c(n1)Nc1ncc(Cl)c(n1)NCCCO2. The highest BCUT2D eigenvalue weighted by atomic mass is 35.5. The Balaban J connectivity index is 1.99. The van der Waals surface area contributed by atoms with E-state index < -0.39 is 0 Å². The number of hydrogen-bond donors (Lipinski definition) is 2. The second kappa shape index (κ2) is 4.93. The second-order valence-corrected chi connectivity index (χ2v) is 4.57. The van der Waals surface area contributed by atoms with Crippen LogP contribution in [0.1, 0.15) is 6.42 Å². The highest BCUT2D eigenvalue weighted by Crippen LogP contribution is 2.27. The second-order valence-electron chi connectivity index (χ2n) is 4.16. The molecule has 0 saturated carbocycles. The van der Waals surface area contributed by atoms with Gasteiger partial charge in [0, 0.05) is 13.6 Å². The van der Waals surface area contributed by atoms with Crippen molar-refractivity contribution in [2.75, 3.05) is 23.8 Å². The van der Waals surface area contributed by atoms with Crippen molar-refractivity contribution in [1.29, 1.82) is 0 Å². The highest BCUT2D eigenvalue weighted by Gasteiger charge is 2.13. The molecule has 0 radical (unpaired) electrons. The minimum Gasteiger partial charge on any atom is -0.488 e. The van der Waals surface area contributed by atoms with E-state index in [1.54, 1.807) is 10.9 Å². The van der Waals surface area contributed by atoms with Crippen LogP contribution in [0.2, 0.25) is 5.02 Å². The van der Waals surface area contributed by atoms with Crippen molar-refractivity contribution in [3.63, 3.8) is 0 Å². The molecular weight excluding hydrogens is 268 g/mol. The Bertz CT molecular complexity index is 599. The van der Waals surface area contributed by atoms with Gasteiger partial charge in [-0.3, -0.25) is 4.68 Å². The van der Waals surface area contributed by atoms with Gasteiger partial charge in [-0.2, -0.15) is 10.1 Å². The van der Waals surface area contributed by atoms with Crippen LogP contribution in [0.25, 0.3) is 0 Å². The summed E-state index contributed by atoms with van der Waals surface area (Å²) in [5.74, 6) is 2.32. The number of aromatic nitrogens is 4. The number of aryl methyl sites for hydroxylation is 1. The summed E-state index contributed by atoms with van der Waals surface area (Å²) in [5.41, 5.74) is 0. The maximum absolute atomic E-state index is 6.03. The number of ether oxygens (including phenoxy) is 1. The highest BCUT2D eigenvalue weighted by molar-refractivity contribution is 6.32. The lowest BCUT2D eigenvalue weighted by molar-refractivity contribution is 0.316. The number of nitrogens with zero attached hydrogens (tertiary/aromatic N) is 4. The van der Waals surface area contributed by atoms with Gasteiger partial charge in [-0.15, -0.1) is 0 Å². The van der Waals surface area contributed by atoms with E-state index in [-0.39, 0.29) is 0 Å². The molecule has 7 nitrogen and oxygen atoms in total. The summed E-state index contributed by atoms with van der Waals surface area (Å²) in [5, 5.41) is 11.0. The standard InChI is InChI=1S/C11H13ClN6O/c1-18-6-8-10(17-18)16-11-14-5-7(12)9(15-11)13-3-2-4-19-8/h5-6H,2-4H2,1H3,(H2,13,14,15,16,17). The maximum Gasteiger partial charge on any atom is 0.230 e. The molecule has 0 unspecified atom stereocenters. The molecule has 1 aliphatic heterocycles. The quantitative estimate of drug-likeness (QED) is 0.766. The van der Waals surface area contributed by atoms with Gasteiger partial charge in [-0.1, -0.05) is 11.6 Å². The van der Waals surface area contributed by atoms with Crippen LogP contribution >= 0.6 is 11.6 Å². The summed E-state index contributed by atoms with van der Waals surface area (Å²) in [4.78, 5) is 8.44. The van der Waals surface area contributed by atoms with Crippen molar-refractivity contribution < 1.29 is 4.74 Å². The van der Waals surface area contributed by atoms with Gasteiger partial charge < -0.3 is 15.4 Å². The van der Waals surface area contributed by atoms with Crippen molar-refractivity contribution in [1.82, 2.24) is 19.7 Å². The average Bonchev–Trinajstić information content (AvgIpc) is 2.71. The number of halogens is 1. The molecule has 100 valence electrons. The fraction of sp³-hybridized carbons (Fsp3) is 0.364. The lowest BCUT2D eigenvalue weighted by Gasteiger charge is -2.07. The minimum absolute atomic E-state index is 0.428. The Morgan fingerprint density at radius 2 is 2.32 bits per heavy atom. The third-order valence-corrected chi connectivity index (χ3v) is 2.92. The van der Waals surface area contributed by atoms with Gasteiger partial charge in [0.15, 0.2) is 17.4 Å². The minimum atomic E-state index is 0.428. The van der Waals surface area contributed by atoms with Crippen molar-refractivity contribution in [2.24, 2.45) is 7.05 Å². The van der Waals surface area contributed by atoms with E-state index in [1.165, 1.54) is 0 Å². The van der Waals surface area contributed by atoms with Crippen LogP contribution in [0.5, 0.6) is 5.75 Å². The summed E-state index contributed by atoms with van der Waals surface area (Å²) in [6.07, 6.45) is 4.20. The topological polar surface area (TPSA) is 76.9 Å². The molecule has 2 bridgehead atoms. The Kier molecular flexibility index (Phi) is 3.12. The van der Waals surface area contributed by atoms with Crippen molar-refractivity contribution in [3.8, 4) is 5.75 Å². The molecule has 0 atom stereocenters. The maximum atomic E-state index is 6.03. The first-order valence-corrected chi connectivity index (χ1v) is 6.30. The number of hydrogen-bond acceptors (Lipinski definition) is 6.